The molecule has 0 bridgehead atoms. The summed E-state index contributed by atoms with van der Waals surface area (Å²) in [6.07, 6.45) is 5.93. The number of aryl methyl sites for hydroxylation is 1. The van der Waals surface area contributed by atoms with Gasteiger partial charge >= 0.3 is 0 Å². The molecule has 0 amide bonds. The first-order valence-corrected chi connectivity index (χ1v) is 6.93. The summed E-state index contributed by atoms with van der Waals surface area (Å²) < 4.78 is 0. The number of phenolic OH excluding ortho intramolecular Hbond substituents is 2. The van der Waals surface area contributed by atoms with Gasteiger partial charge in [0.25, 0.3) is 0 Å². The van der Waals surface area contributed by atoms with E-state index < -0.39 is 0 Å². The molecule has 2 aromatic rings. The van der Waals surface area contributed by atoms with Crippen molar-refractivity contribution in [2.24, 2.45) is 0 Å². The Bertz CT molecular complexity index is 627. The zero-order chi connectivity index (χ0) is 14.5. The van der Waals surface area contributed by atoms with Crippen LogP contribution in [0.4, 0.5) is 0 Å². The van der Waals surface area contributed by atoms with E-state index in [-0.39, 0.29) is 11.5 Å². The number of allylic oxidation sites excluding steroid dienone is 1. The van der Waals surface area contributed by atoms with Gasteiger partial charge in [-0.1, -0.05) is 37.6 Å². The molecule has 0 aliphatic rings. The molecule has 2 rings (SSSR count). The molecule has 0 saturated carbocycles. The van der Waals surface area contributed by atoms with E-state index in [1.807, 2.05) is 43.3 Å². The predicted octanol–water partition coefficient (Wildman–Crippen LogP) is 4.75. The minimum atomic E-state index is 0.183. The van der Waals surface area contributed by atoms with Gasteiger partial charge in [0.2, 0.25) is 0 Å². The standard InChI is InChI=1S/C18H20O2/c1-3-5-13-7-9-17(19)15(11-13)16-12-14(6-4-2)8-10-18(16)20/h3,5,7-12,19-20H,4,6H2,1-2H3. The van der Waals surface area contributed by atoms with E-state index in [4.69, 9.17) is 0 Å². The molecule has 0 fully saturated rings. The van der Waals surface area contributed by atoms with Gasteiger partial charge in [-0.3, -0.25) is 0 Å². The van der Waals surface area contributed by atoms with Crippen molar-refractivity contribution in [3.05, 3.63) is 53.6 Å². The topological polar surface area (TPSA) is 40.5 Å². The van der Waals surface area contributed by atoms with Crippen molar-refractivity contribution < 1.29 is 10.2 Å². The fourth-order valence-corrected chi connectivity index (χ4v) is 2.31. The van der Waals surface area contributed by atoms with Crippen LogP contribution in [0.5, 0.6) is 11.5 Å². The third-order valence-electron chi connectivity index (χ3n) is 3.27. The van der Waals surface area contributed by atoms with Gasteiger partial charge in [-0.2, -0.15) is 0 Å². The molecular weight excluding hydrogens is 248 g/mol. The molecule has 20 heavy (non-hydrogen) atoms. The number of hydrogen-bond acceptors (Lipinski definition) is 2. The van der Waals surface area contributed by atoms with Gasteiger partial charge in [0.05, 0.1) is 0 Å². The summed E-state index contributed by atoms with van der Waals surface area (Å²) in [7, 11) is 0. The SMILES string of the molecule is CC=Cc1ccc(O)c(-c2cc(CCC)ccc2O)c1. The summed E-state index contributed by atoms with van der Waals surface area (Å²) in [6.45, 7) is 4.07. The van der Waals surface area contributed by atoms with Crippen LogP contribution in [0.25, 0.3) is 17.2 Å². The lowest BCUT2D eigenvalue weighted by molar-refractivity contribution is 0.469. The molecule has 0 aliphatic carbocycles. The minimum absolute atomic E-state index is 0.183. The summed E-state index contributed by atoms with van der Waals surface area (Å²) in [5, 5.41) is 20.1. The average molecular weight is 268 g/mol. The molecule has 2 aromatic carbocycles. The third kappa shape index (κ3) is 3.02. The lowest BCUT2D eigenvalue weighted by Crippen LogP contribution is -1.87. The first-order chi connectivity index (χ1) is 9.65. The van der Waals surface area contributed by atoms with Crippen molar-refractivity contribution in [1.82, 2.24) is 0 Å². The van der Waals surface area contributed by atoms with E-state index in [2.05, 4.69) is 6.92 Å². The summed E-state index contributed by atoms with van der Waals surface area (Å²) in [5.74, 6) is 0.375. The summed E-state index contributed by atoms with van der Waals surface area (Å²) in [6, 6.07) is 11.0. The van der Waals surface area contributed by atoms with Crippen LogP contribution in [-0.4, -0.2) is 10.2 Å². The molecule has 0 aromatic heterocycles. The Kier molecular flexibility index (Phi) is 4.46. The Labute approximate surface area is 120 Å². The maximum atomic E-state index is 10.1. The van der Waals surface area contributed by atoms with Crippen LogP contribution in [0.1, 0.15) is 31.4 Å². The number of hydrogen-bond donors (Lipinski definition) is 2. The number of benzene rings is 2. The maximum Gasteiger partial charge on any atom is 0.123 e. The Balaban J connectivity index is 2.54. The predicted molar refractivity (Wildman–Crippen MR) is 83.9 cm³/mol. The van der Waals surface area contributed by atoms with Crippen LogP contribution >= 0.6 is 0 Å². The van der Waals surface area contributed by atoms with Gasteiger partial charge in [-0.25, -0.2) is 0 Å². The minimum Gasteiger partial charge on any atom is -0.507 e. The second-order valence-corrected chi connectivity index (χ2v) is 4.88. The third-order valence-corrected chi connectivity index (χ3v) is 3.27. The highest BCUT2D eigenvalue weighted by Gasteiger charge is 2.10. The molecule has 2 heteroatoms. The van der Waals surface area contributed by atoms with Crippen LogP contribution in [0, 0.1) is 0 Å². The molecule has 0 heterocycles. The zero-order valence-corrected chi connectivity index (χ0v) is 11.9. The van der Waals surface area contributed by atoms with Crippen molar-refractivity contribution in [2.75, 3.05) is 0 Å². The normalized spacial score (nSPS) is 11.1. The van der Waals surface area contributed by atoms with Crippen molar-refractivity contribution in [2.45, 2.75) is 26.7 Å². The maximum absolute atomic E-state index is 10.1. The Hall–Kier alpha value is -2.22. The fourth-order valence-electron chi connectivity index (χ4n) is 2.31. The monoisotopic (exact) mass is 268 g/mol. The van der Waals surface area contributed by atoms with E-state index >= 15 is 0 Å². The Morgan fingerprint density at radius 2 is 1.60 bits per heavy atom. The van der Waals surface area contributed by atoms with Crippen LogP contribution < -0.4 is 0 Å². The van der Waals surface area contributed by atoms with Crippen molar-refractivity contribution in [3.63, 3.8) is 0 Å². The number of aromatic hydroxyl groups is 2. The number of rotatable bonds is 4. The van der Waals surface area contributed by atoms with E-state index in [0.29, 0.717) is 11.1 Å². The Morgan fingerprint density at radius 3 is 2.25 bits per heavy atom. The number of phenols is 2. The van der Waals surface area contributed by atoms with Crippen molar-refractivity contribution in [3.8, 4) is 22.6 Å². The molecule has 0 aliphatic heterocycles. The second kappa shape index (κ2) is 6.29. The van der Waals surface area contributed by atoms with Crippen LogP contribution in [0.2, 0.25) is 0 Å². The summed E-state index contributed by atoms with van der Waals surface area (Å²) in [5.41, 5.74) is 3.51. The highest BCUT2D eigenvalue weighted by molar-refractivity contribution is 5.78. The zero-order valence-electron chi connectivity index (χ0n) is 11.9. The molecule has 2 nitrogen and oxygen atoms in total. The molecule has 0 unspecified atom stereocenters. The first kappa shape index (κ1) is 14.2. The van der Waals surface area contributed by atoms with Gasteiger partial charge in [0, 0.05) is 11.1 Å². The van der Waals surface area contributed by atoms with Crippen LogP contribution in [0.15, 0.2) is 42.5 Å². The summed E-state index contributed by atoms with van der Waals surface area (Å²) >= 11 is 0. The average Bonchev–Trinajstić information content (AvgIpc) is 2.44. The smallest absolute Gasteiger partial charge is 0.123 e. The fraction of sp³-hybridized carbons (Fsp3) is 0.222. The molecule has 2 N–H and O–H groups in total. The Morgan fingerprint density at radius 1 is 0.950 bits per heavy atom. The van der Waals surface area contributed by atoms with Crippen molar-refractivity contribution >= 4 is 6.08 Å². The van der Waals surface area contributed by atoms with Gasteiger partial charge in [0.1, 0.15) is 11.5 Å². The second-order valence-electron chi connectivity index (χ2n) is 4.88. The molecular formula is C18H20O2. The van der Waals surface area contributed by atoms with Crippen molar-refractivity contribution in [1.29, 1.82) is 0 Å². The first-order valence-electron chi connectivity index (χ1n) is 6.93. The largest absolute Gasteiger partial charge is 0.507 e. The van der Waals surface area contributed by atoms with Gasteiger partial charge in [-0.05, 0) is 48.7 Å². The highest BCUT2D eigenvalue weighted by atomic mass is 16.3. The highest BCUT2D eigenvalue weighted by Crippen LogP contribution is 2.36. The molecule has 0 radical (unpaired) electrons. The lowest BCUT2D eigenvalue weighted by atomic mass is 9.97. The summed E-state index contributed by atoms with van der Waals surface area (Å²) in [4.78, 5) is 0. The quantitative estimate of drug-likeness (QED) is 0.840. The lowest BCUT2D eigenvalue weighted by Gasteiger charge is -2.10. The van der Waals surface area contributed by atoms with Crippen LogP contribution in [-0.2, 0) is 6.42 Å². The van der Waals surface area contributed by atoms with E-state index in [9.17, 15) is 10.2 Å². The molecule has 0 atom stereocenters. The van der Waals surface area contributed by atoms with Gasteiger partial charge < -0.3 is 10.2 Å². The van der Waals surface area contributed by atoms with E-state index in [1.54, 1.807) is 12.1 Å². The van der Waals surface area contributed by atoms with E-state index in [1.165, 1.54) is 0 Å². The molecule has 0 saturated heterocycles. The van der Waals surface area contributed by atoms with E-state index in [0.717, 1.165) is 24.0 Å². The van der Waals surface area contributed by atoms with Gasteiger partial charge in [0.15, 0.2) is 0 Å². The van der Waals surface area contributed by atoms with Gasteiger partial charge in [-0.15, -0.1) is 0 Å². The molecule has 104 valence electrons. The van der Waals surface area contributed by atoms with Crippen LogP contribution in [0.3, 0.4) is 0 Å². The molecule has 0 spiro atoms.